The molecular weight excluding hydrogens is 314 g/mol. The number of hydrogen-bond donors (Lipinski definition) is 1. The van der Waals surface area contributed by atoms with Crippen molar-refractivity contribution in [2.45, 2.75) is 6.92 Å². The highest BCUT2D eigenvalue weighted by Crippen LogP contribution is 2.30. The van der Waals surface area contributed by atoms with Crippen molar-refractivity contribution in [3.63, 3.8) is 0 Å². The molecule has 1 heterocycles. The summed E-state index contributed by atoms with van der Waals surface area (Å²) in [6.45, 7) is 2.07. The fourth-order valence-corrected chi connectivity index (χ4v) is 2.63. The fourth-order valence-electron chi connectivity index (χ4n) is 2.21. The molecule has 100 valence electrons. The monoisotopic (exact) mass is 327 g/mol. The highest BCUT2D eigenvalue weighted by molar-refractivity contribution is 9.10. The minimum atomic E-state index is 0.748. The van der Waals surface area contributed by atoms with E-state index < -0.39 is 0 Å². The van der Waals surface area contributed by atoms with Gasteiger partial charge in [0.15, 0.2) is 0 Å². The largest absolute Gasteiger partial charge is 0.398 e. The summed E-state index contributed by atoms with van der Waals surface area (Å²) in [6.07, 6.45) is 1.79. The maximum Gasteiger partial charge on any atom is 0.0797 e. The van der Waals surface area contributed by atoms with Crippen molar-refractivity contribution in [3.8, 4) is 16.9 Å². The summed E-state index contributed by atoms with van der Waals surface area (Å²) < 4.78 is 2.91. The smallest absolute Gasteiger partial charge is 0.0797 e. The van der Waals surface area contributed by atoms with Crippen molar-refractivity contribution < 1.29 is 0 Å². The van der Waals surface area contributed by atoms with Crippen molar-refractivity contribution >= 4 is 21.6 Å². The lowest BCUT2D eigenvalue weighted by atomic mass is 10.1. The van der Waals surface area contributed by atoms with Gasteiger partial charge >= 0.3 is 0 Å². The Kier molecular flexibility index (Phi) is 3.32. The van der Waals surface area contributed by atoms with Crippen LogP contribution in [-0.4, -0.2) is 9.78 Å². The molecule has 0 radical (unpaired) electrons. The van der Waals surface area contributed by atoms with Crippen LogP contribution in [0.15, 0.2) is 59.2 Å². The highest BCUT2D eigenvalue weighted by Gasteiger charge is 2.12. The topological polar surface area (TPSA) is 43.8 Å². The third kappa shape index (κ3) is 2.23. The van der Waals surface area contributed by atoms with Crippen LogP contribution in [0, 0.1) is 6.92 Å². The minimum Gasteiger partial charge on any atom is -0.398 e. The maximum absolute atomic E-state index is 6.07. The summed E-state index contributed by atoms with van der Waals surface area (Å²) in [4.78, 5) is 0. The SMILES string of the molecule is Cc1ccc(Br)c(-n2nccc2-c2ccccc2N)c1. The number of halogens is 1. The van der Waals surface area contributed by atoms with Crippen molar-refractivity contribution in [1.82, 2.24) is 9.78 Å². The molecule has 2 aromatic carbocycles. The van der Waals surface area contributed by atoms with E-state index in [-0.39, 0.29) is 0 Å². The number of aromatic nitrogens is 2. The Hall–Kier alpha value is -2.07. The number of nitrogen functional groups attached to an aromatic ring is 1. The van der Waals surface area contributed by atoms with Gasteiger partial charge in [-0.1, -0.05) is 24.3 Å². The molecule has 0 unspecified atom stereocenters. The van der Waals surface area contributed by atoms with Crippen LogP contribution in [0.1, 0.15) is 5.56 Å². The van der Waals surface area contributed by atoms with E-state index in [0.717, 1.165) is 27.1 Å². The summed E-state index contributed by atoms with van der Waals surface area (Å²) in [5.74, 6) is 0. The Morgan fingerprint density at radius 3 is 2.70 bits per heavy atom. The summed E-state index contributed by atoms with van der Waals surface area (Å²) in [5.41, 5.74) is 11.0. The predicted octanol–water partition coefficient (Wildman–Crippen LogP) is 4.19. The lowest BCUT2D eigenvalue weighted by Gasteiger charge is -2.12. The summed E-state index contributed by atoms with van der Waals surface area (Å²) in [5, 5.41) is 4.44. The van der Waals surface area contributed by atoms with Gasteiger partial charge in [-0.25, -0.2) is 4.68 Å². The van der Waals surface area contributed by atoms with Gasteiger partial charge in [0.1, 0.15) is 0 Å². The van der Waals surface area contributed by atoms with E-state index in [1.54, 1.807) is 6.20 Å². The second-order valence-electron chi connectivity index (χ2n) is 4.67. The molecule has 0 atom stereocenters. The first-order valence-electron chi connectivity index (χ1n) is 6.32. The van der Waals surface area contributed by atoms with E-state index >= 15 is 0 Å². The third-order valence-electron chi connectivity index (χ3n) is 3.21. The molecule has 0 aliphatic heterocycles. The normalized spacial score (nSPS) is 10.7. The van der Waals surface area contributed by atoms with Gasteiger partial charge in [-0.2, -0.15) is 5.10 Å². The zero-order valence-corrected chi connectivity index (χ0v) is 12.6. The number of aryl methyl sites for hydroxylation is 1. The van der Waals surface area contributed by atoms with Crippen LogP contribution in [0.5, 0.6) is 0 Å². The van der Waals surface area contributed by atoms with E-state index in [4.69, 9.17) is 5.73 Å². The first-order valence-corrected chi connectivity index (χ1v) is 7.11. The molecule has 3 nitrogen and oxygen atoms in total. The minimum absolute atomic E-state index is 0.748. The van der Waals surface area contributed by atoms with Crippen LogP contribution in [0.3, 0.4) is 0 Å². The molecule has 0 saturated carbocycles. The lowest BCUT2D eigenvalue weighted by Crippen LogP contribution is -2.02. The van der Waals surface area contributed by atoms with Gasteiger partial charge < -0.3 is 5.73 Å². The van der Waals surface area contributed by atoms with Crippen LogP contribution < -0.4 is 5.73 Å². The van der Waals surface area contributed by atoms with Crippen LogP contribution >= 0.6 is 15.9 Å². The summed E-state index contributed by atoms with van der Waals surface area (Å²) >= 11 is 3.59. The van der Waals surface area contributed by atoms with E-state index in [1.807, 2.05) is 41.1 Å². The summed E-state index contributed by atoms with van der Waals surface area (Å²) in [7, 11) is 0. The predicted molar refractivity (Wildman–Crippen MR) is 85.8 cm³/mol. The second kappa shape index (κ2) is 5.13. The van der Waals surface area contributed by atoms with Gasteiger partial charge in [0.25, 0.3) is 0 Å². The maximum atomic E-state index is 6.07. The Bertz CT molecular complexity index is 762. The van der Waals surface area contributed by atoms with E-state index in [1.165, 1.54) is 5.56 Å². The number of anilines is 1. The molecule has 0 aliphatic rings. The Morgan fingerprint density at radius 2 is 1.90 bits per heavy atom. The van der Waals surface area contributed by atoms with Crippen LogP contribution in [0.2, 0.25) is 0 Å². The molecule has 0 spiro atoms. The van der Waals surface area contributed by atoms with Gasteiger partial charge in [-0.3, -0.25) is 0 Å². The molecule has 4 heteroatoms. The van der Waals surface area contributed by atoms with Gasteiger partial charge in [0, 0.05) is 15.7 Å². The van der Waals surface area contributed by atoms with E-state index in [0.29, 0.717) is 0 Å². The van der Waals surface area contributed by atoms with Crippen molar-refractivity contribution in [3.05, 3.63) is 64.8 Å². The lowest BCUT2D eigenvalue weighted by molar-refractivity contribution is 0.882. The molecule has 2 N–H and O–H groups in total. The van der Waals surface area contributed by atoms with Crippen molar-refractivity contribution in [1.29, 1.82) is 0 Å². The highest BCUT2D eigenvalue weighted by atomic mass is 79.9. The van der Waals surface area contributed by atoms with E-state index in [9.17, 15) is 0 Å². The first-order chi connectivity index (χ1) is 9.66. The molecule has 3 aromatic rings. The second-order valence-corrected chi connectivity index (χ2v) is 5.52. The number of hydrogen-bond acceptors (Lipinski definition) is 2. The quantitative estimate of drug-likeness (QED) is 0.717. The third-order valence-corrected chi connectivity index (χ3v) is 3.88. The van der Waals surface area contributed by atoms with Crippen molar-refractivity contribution in [2.24, 2.45) is 0 Å². The Labute approximate surface area is 126 Å². The van der Waals surface area contributed by atoms with Crippen LogP contribution in [0.4, 0.5) is 5.69 Å². The molecule has 0 aliphatic carbocycles. The molecular formula is C16H14BrN3. The Morgan fingerprint density at radius 1 is 1.10 bits per heavy atom. The van der Waals surface area contributed by atoms with Gasteiger partial charge in [0.05, 0.1) is 17.6 Å². The number of para-hydroxylation sites is 1. The zero-order chi connectivity index (χ0) is 14.1. The average Bonchev–Trinajstić information content (AvgIpc) is 2.91. The van der Waals surface area contributed by atoms with Crippen LogP contribution in [0.25, 0.3) is 16.9 Å². The standard InChI is InChI=1S/C16H14BrN3/c1-11-6-7-13(17)16(10-11)20-15(8-9-19-20)12-4-2-3-5-14(12)18/h2-10H,18H2,1H3. The summed E-state index contributed by atoms with van der Waals surface area (Å²) in [6, 6.07) is 16.0. The van der Waals surface area contributed by atoms with Crippen LogP contribution in [-0.2, 0) is 0 Å². The van der Waals surface area contributed by atoms with Crippen molar-refractivity contribution in [2.75, 3.05) is 5.73 Å². The number of rotatable bonds is 2. The molecule has 0 fully saturated rings. The first kappa shape index (κ1) is 12.9. The zero-order valence-electron chi connectivity index (χ0n) is 11.0. The molecule has 0 saturated heterocycles. The van der Waals surface area contributed by atoms with Gasteiger partial charge in [0.2, 0.25) is 0 Å². The van der Waals surface area contributed by atoms with Gasteiger partial charge in [-0.05, 0) is 52.7 Å². The van der Waals surface area contributed by atoms with E-state index in [2.05, 4.69) is 40.1 Å². The number of nitrogens with two attached hydrogens (primary N) is 1. The molecule has 1 aromatic heterocycles. The number of nitrogens with zero attached hydrogens (tertiary/aromatic N) is 2. The average molecular weight is 328 g/mol. The number of benzene rings is 2. The fraction of sp³-hybridized carbons (Fsp3) is 0.0625. The molecule has 20 heavy (non-hydrogen) atoms. The molecule has 0 amide bonds. The molecule has 3 rings (SSSR count). The molecule has 0 bridgehead atoms. The van der Waals surface area contributed by atoms with Gasteiger partial charge in [-0.15, -0.1) is 0 Å². The Balaban J connectivity index is 2.21.